The molecule has 0 fully saturated rings. The molecule has 0 aliphatic carbocycles. The van der Waals surface area contributed by atoms with Gasteiger partial charge in [0.05, 0.1) is 24.0 Å². The summed E-state index contributed by atoms with van der Waals surface area (Å²) in [4.78, 5) is 12.9. The van der Waals surface area contributed by atoms with Gasteiger partial charge in [-0.3, -0.25) is 9.10 Å². The molecular formula is C21H24N2O6S. The summed E-state index contributed by atoms with van der Waals surface area (Å²) in [7, 11) is -3.55. The van der Waals surface area contributed by atoms with Crippen LogP contribution in [0, 0.1) is 0 Å². The van der Waals surface area contributed by atoms with Crippen LogP contribution in [0.2, 0.25) is 0 Å². The summed E-state index contributed by atoms with van der Waals surface area (Å²) in [6.07, 6.45) is -0.958. The van der Waals surface area contributed by atoms with Gasteiger partial charge in [0.25, 0.3) is 5.91 Å². The molecule has 2 aromatic carbocycles. The second-order valence-corrected chi connectivity index (χ2v) is 9.32. The first-order valence-corrected chi connectivity index (χ1v) is 11.5. The summed E-state index contributed by atoms with van der Waals surface area (Å²) in [6, 6.07) is 12.0. The predicted octanol–water partition coefficient (Wildman–Crippen LogP) is 2.25. The number of nitrogens with zero attached hydrogens (tertiary/aromatic N) is 1. The van der Waals surface area contributed by atoms with Gasteiger partial charge in [0, 0.05) is 0 Å². The molecule has 0 spiro atoms. The summed E-state index contributed by atoms with van der Waals surface area (Å²) in [6.45, 7) is 4.34. The lowest BCUT2D eigenvalue weighted by molar-refractivity contribution is -0.128. The minimum Gasteiger partial charge on any atom is -0.486 e. The number of hydrogen-bond acceptors (Lipinski definition) is 6. The number of fused-ring (bicyclic) bond motifs is 2. The fraction of sp³-hybridized carbons (Fsp3) is 0.381. The van der Waals surface area contributed by atoms with E-state index in [0.717, 1.165) is 5.56 Å². The van der Waals surface area contributed by atoms with Gasteiger partial charge >= 0.3 is 0 Å². The molecule has 30 heavy (non-hydrogen) atoms. The van der Waals surface area contributed by atoms with Crippen LogP contribution in [0.1, 0.15) is 25.5 Å². The minimum atomic E-state index is -3.55. The van der Waals surface area contributed by atoms with Gasteiger partial charge in [-0.25, -0.2) is 8.42 Å². The van der Waals surface area contributed by atoms with E-state index in [1.165, 1.54) is 4.31 Å². The largest absolute Gasteiger partial charge is 0.486 e. The molecule has 2 aliphatic rings. The number of ether oxygens (including phenoxy) is 3. The van der Waals surface area contributed by atoms with E-state index in [1.54, 1.807) is 31.2 Å². The standard InChI is InChI=1S/C21H24N2O6S/c1-3-30(25,26)23-13-20(29-17-7-5-4-6-16(17)23)21(24)22-14(2)15-8-9-18-19(12-15)28-11-10-27-18/h4-9,12,14,20H,3,10-11,13H2,1-2H3,(H,22,24)/t14-,20-/m1/s1. The molecule has 2 atom stereocenters. The Kier molecular flexibility index (Phi) is 5.46. The third kappa shape index (κ3) is 3.89. The van der Waals surface area contributed by atoms with E-state index in [0.29, 0.717) is 36.1 Å². The third-order valence-electron chi connectivity index (χ3n) is 5.15. The Morgan fingerprint density at radius 1 is 1.13 bits per heavy atom. The third-order valence-corrected chi connectivity index (χ3v) is 6.90. The fourth-order valence-electron chi connectivity index (χ4n) is 3.48. The van der Waals surface area contributed by atoms with E-state index in [2.05, 4.69) is 5.32 Å². The van der Waals surface area contributed by atoms with Crippen molar-refractivity contribution in [3.8, 4) is 17.2 Å². The van der Waals surface area contributed by atoms with Crippen molar-refractivity contribution in [2.24, 2.45) is 0 Å². The van der Waals surface area contributed by atoms with E-state index in [4.69, 9.17) is 14.2 Å². The van der Waals surface area contributed by atoms with E-state index in [-0.39, 0.29) is 24.2 Å². The van der Waals surface area contributed by atoms with Crippen LogP contribution in [0.5, 0.6) is 17.2 Å². The molecule has 0 saturated carbocycles. The van der Waals surface area contributed by atoms with Gasteiger partial charge in [0.15, 0.2) is 17.6 Å². The van der Waals surface area contributed by atoms with Crippen LogP contribution in [0.4, 0.5) is 5.69 Å². The van der Waals surface area contributed by atoms with Crippen molar-refractivity contribution in [3.05, 3.63) is 48.0 Å². The normalized spacial score (nSPS) is 18.7. The molecule has 1 N–H and O–H groups in total. The Morgan fingerprint density at radius 3 is 2.63 bits per heavy atom. The van der Waals surface area contributed by atoms with Crippen LogP contribution < -0.4 is 23.8 Å². The Labute approximate surface area is 175 Å². The number of anilines is 1. The van der Waals surface area contributed by atoms with Gasteiger partial charge in [-0.15, -0.1) is 0 Å². The number of carbonyl (C=O) groups is 1. The number of para-hydroxylation sites is 2. The quantitative estimate of drug-likeness (QED) is 0.779. The number of rotatable bonds is 5. The average molecular weight is 432 g/mol. The van der Waals surface area contributed by atoms with Crippen LogP contribution in [-0.4, -0.2) is 45.9 Å². The lowest BCUT2D eigenvalue weighted by Gasteiger charge is -2.35. The zero-order chi connectivity index (χ0) is 21.3. The predicted molar refractivity (Wildman–Crippen MR) is 112 cm³/mol. The van der Waals surface area contributed by atoms with Crippen LogP contribution >= 0.6 is 0 Å². The molecule has 8 nitrogen and oxygen atoms in total. The monoisotopic (exact) mass is 432 g/mol. The highest BCUT2D eigenvalue weighted by Gasteiger charge is 2.36. The maximum Gasteiger partial charge on any atom is 0.263 e. The Bertz CT molecular complexity index is 1060. The first-order chi connectivity index (χ1) is 14.4. The second-order valence-electron chi connectivity index (χ2n) is 7.14. The van der Waals surface area contributed by atoms with Gasteiger partial charge in [0.1, 0.15) is 19.0 Å². The highest BCUT2D eigenvalue weighted by molar-refractivity contribution is 7.92. The number of carbonyl (C=O) groups excluding carboxylic acids is 1. The lowest BCUT2D eigenvalue weighted by atomic mass is 10.1. The maximum absolute atomic E-state index is 12.9. The van der Waals surface area contributed by atoms with Crippen molar-refractivity contribution in [2.75, 3.05) is 29.8 Å². The average Bonchev–Trinajstić information content (AvgIpc) is 2.77. The van der Waals surface area contributed by atoms with Gasteiger partial charge in [-0.2, -0.15) is 0 Å². The van der Waals surface area contributed by atoms with E-state index in [1.807, 2.05) is 25.1 Å². The van der Waals surface area contributed by atoms with Crippen molar-refractivity contribution < 1.29 is 27.4 Å². The number of sulfonamides is 1. The Balaban J connectivity index is 1.52. The highest BCUT2D eigenvalue weighted by Crippen LogP contribution is 2.36. The fourth-order valence-corrected chi connectivity index (χ4v) is 4.60. The molecule has 2 aromatic rings. The van der Waals surface area contributed by atoms with Crippen LogP contribution in [0.3, 0.4) is 0 Å². The zero-order valence-electron chi connectivity index (χ0n) is 16.8. The van der Waals surface area contributed by atoms with Crippen LogP contribution in [0.25, 0.3) is 0 Å². The molecular weight excluding hydrogens is 408 g/mol. The highest BCUT2D eigenvalue weighted by atomic mass is 32.2. The second kappa shape index (κ2) is 8.06. The Morgan fingerprint density at radius 2 is 1.87 bits per heavy atom. The van der Waals surface area contributed by atoms with Crippen molar-refractivity contribution in [1.29, 1.82) is 0 Å². The van der Waals surface area contributed by atoms with Crippen molar-refractivity contribution in [2.45, 2.75) is 26.0 Å². The molecule has 9 heteroatoms. The van der Waals surface area contributed by atoms with Crippen LogP contribution in [0.15, 0.2) is 42.5 Å². The summed E-state index contributed by atoms with van der Waals surface area (Å²) in [5.41, 5.74) is 1.30. The summed E-state index contributed by atoms with van der Waals surface area (Å²) >= 11 is 0. The zero-order valence-corrected chi connectivity index (χ0v) is 17.6. The van der Waals surface area contributed by atoms with Gasteiger partial charge in [0.2, 0.25) is 10.0 Å². The van der Waals surface area contributed by atoms with Gasteiger partial charge < -0.3 is 19.5 Å². The molecule has 2 aliphatic heterocycles. The lowest BCUT2D eigenvalue weighted by Crippen LogP contribution is -2.51. The van der Waals surface area contributed by atoms with Crippen molar-refractivity contribution in [1.82, 2.24) is 5.32 Å². The smallest absolute Gasteiger partial charge is 0.263 e. The molecule has 4 rings (SSSR count). The maximum atomic E-state index is 12.9. The number of nitrogens with one attached hydrogen (secondary N) is 1. The van der Waals surface area contributed by atoms with E-state index >= 15 is 0 Å². The summed E-state index contributed by atoms with van der Waals surface area (Å²) in [5, 5.41) is 2.91. The minimum absolute atomic E-state index is 0.0662. The summed E-state index contributed by atoms with van der Waals surface area (Å²) < 4.78 is 43.4. The number of benzene rings is 2. The first-order valence-electron chi connectivity index (χ1n) is 9.85. The van der Waals surface area contributed by atoms with E-state index < -0.39 is 16.1 Å². The van der Waals surface area contributed by atoms with Gasteiger partial charge in [-0.05, 0) is 43.7 Å². The number of hydrogen-bond donors (Lipinski definition) is 1. The SMILES string of the molecule is CCS(=O)(=O)N1C[C@H](C(=O)N[C@H](C)c2ccc3c(c2)OCCO3)Oc2ccccc21. The van der Waals surface area contributed by atoms with Crippen molar-refractivity contribution >= 4 is 21.6 Å². The summed E-state index contributed by atoms with van der Waals surface area (Å²) in [5.74, 6) is 1.23. The van der Waals surface area contributed by atoms with E-state index in [9.17, 15) is 13.2 Å². The van der Waals surface area contributed by atoms with Crippen molar-refractivity contribution in [3.63, 3.8) is 0 Å². The first kappa shape index (κ1) is 20.3. The van der Waals surface area contributed by atoms with Crippen LogP contribution in [-0.2, 0) is 14.8 Å². The molecule has 0 unspecified atom stereocenters. The molecule has 2 heterocycles. The Hall–Kier alpha value is -2.94. The molecule has 0 radical (unpaired) electrons. The molecule has 160 valence electrons. The molecule has 1 amide bonds. The topological polar surface area (TPSA) is 94.2 Å². The molecule has 0 aromatic heterocycles. The molecule has 0 bridgehead atoms. The van der Waals surface area contributed by atoms with Gasteiger partial charge in [-0.1, -0.05) is 18.2 Å². The molecule has 0 saturated heterocycles. The number of amides is 1.